The number of ketones is 1. The molecule has 3 heteroatoms. The van der Waals surface area contributed by atoms with E-state index in [2.05, 4.69) is 9.97 Å². The van der Waals surface area contributed by atoms with Crippen molar-refractivity contribution in [1.29, 1.82) is 0 Å². The smallest absolute Gasteiger partial charge is 0.137 e. The number of aryl methyl sites for hydroxylation is 1. The molecule has 0 amide bonds. The van der Waals surface area contributed by atoms with Crippen LogP contribution in [0.1, 0.15) is 17.5 Å². The van der Waals surface area contributed by atoms with Gasteiger partial charge in [0, 0.05) is 37.6 Å². The molecule has 0 saturated heterocycles. The first-order chi connectivity index (χ1) is 8.34. The molecule has 0 aliphatic heterocycles. The SMILES string of the molecule is O=C(CCc1ccncc1)Cc1cccnc1. The minimum atomic E-state index is 0.245. The van der Waals surface area contributed by atoms with E-state index < -0.39 is 0 Å². The van der Waals surface area contributed by atoms with Gasteiger partial charge in [0.15, 0.2) is 0 Å². The minimum absolute atomic E-state index is 0.245. The molecule has 2 heterocycles. The summed E-state index contributed by atoms with van der Waals surface area (Å²) in [6.07, 6.45) is 8.77. The highest BCUT2D eigenvalue weighted by Crippen LogP contribution is 2.05. The van der Waals surface area contributed by atoms with Crippen molar-refractivity contribution in [2.45, 2.75) is 19.3 Å². The molecule has 17 heavy (non-hydrogen) atoms. The summed E-state index contributed by atoms with van der Waals surface area (Å²) in [5.74, 6) is 0.245. The van der Waals surface area contributed by atoms with E-state index >= 15 is 0 Å². The summed E-state index contributed by atoms with van der Waals surface area (Å²) in [6, 6.07) is 7.66. The number of hydrogen-bond donors (Lipinski definition) is 0. The van der Waals surface area contributed by atoms with Crippen molar-refractivity contribution in [2.24, 2.45) is 0 Å². The van der Waals surface area contributed by atoms with Crippen LogP contribution in [0, 0.1) is 0 Å². The van der Waals surface area contributed by atoms with Crippen LogP contribution in [0.2, 0.25) is 0 Å². The molecule has 0 aliphatic carbocycles. The molecule has 0 N–H and O–H groups in total. The normalized spacial score (nSPS) is 10.1. The van der Waals surface area contributed by atoms with Crippen LogP contribution in [0.5, 0.6) is 0 Å². The lowest BCUT2D eigenvalue weighted by molar-refractivity contribution is -0.118. The van der Waals surface area contributed by atoms with Crippen LogP contribution < -0.4 is 0 Å². The summed E-state index contributed by atoms with van der Waals surface area (Å²) >= 11 is 0. The first kappa shape index (κ1) is 11.5. The number of carbonyl (C=O) groups is 1. The van der Waals surface area contributed by atoms with E-state index in [1.807, 2.05) is 24.3 Å². The Labute approximate surface area is 101 Å². The highest BCUT2D eigenvalue weighted by Gasteiger charge is 2.04. The van der Waals surface area contributed by atoms with E-state index in [0.29, 0.717) is 12.8 Å². The van der Waals surface area contributed by atoms with Crippen molar-refractivity contribution in [1.82, 2.24) is 9.97 Å². The molecular weight excluding hydrogens is 212 g/mol. The maximum atomic E-state index is 11.7. The molecule has 3 nitrogen and oxygen atoms in total. The second-order valence-corrected chi connectivity index (χ2v) is 3.93. The Hall–Kier alpha value is -2.03. The molecule has 0 bridgehead atoms. The molecule has 2 aromatic heterocycles. The Morgan fingerprint density at radius 3 is 2.53 bits per heavy atom. The Morgan fingerprint density at radius 1 is 1.00 bits per heavy atom. The Kier molecular flexibility index (Phi) is 3.97. The van der Waals surface area contributed by atoms with E-state index in [1.165, 1.54) is 0 Å². The third-order valence-electron chi connectivity index (χ3n) is 2.57. The van der Waals surface area contributed by atoms with Gasteiger partial charge < -0.3 is 0 Å². The van der Waals surface area contributed by atoms with Crippen LogP contribution in [-0.4, -0.2) is 15.8 Å². The van der Waals surface area contributed by atoms with Gasteiger partial charge >= 0.3 is 0 Å². The second kappa shape index (κ2) is 5.89. The highest BCUT2D eigenvalue weighted by molar-refractivity contribution is 5.80. The van der Waals surface area contributed by atoms with Gasteiger partial charge in [-0.1, -0.05) is 6.07 Å². The number of hydrogen-bond acceptors (Lipinski definition) is 3. The van der Waals surface area contributed by atoms with Gasteiger partial charge in [-0.3, -0.25) is 14.8 Å². The zero-order chi connectivity index (χ0) is 11.9. The van der Waals surface area contributed by atoms with Crippen molar-refractivity contribution in [2.75, 3.05) is 0 Å². The Bertz CT molecular complexity index is 468. The van der Waals surface area contributed by atoms with Crippen LogP contribution in [-0.2, 0) is 17.6 Å². The number of Topliss-reactive ketones (excluding diaryl/α,β-unsaturated/α-hetero) is 1. The van der Waals surface area contributed by atoms with Gasteiger partial charge in [0.1, 0.15) is 5.78 Å². The average Bonchev–Trinajstić information content (AvgIpc) is 2.39. The molecule has 0 radical (unpaired) electrons. The molecule has 2 rings (SSSR count). The van der Waals surface area contributed by atoms with Crippen LogP contribution in [0.4, 0.5) is 0 Å². The summed E-state index contributed by atoms with van der Waals surface area (Å²) in [6.45, 7) is 0. The number of nitrogens with zero attached hydrogens (tertiary/aromatic N) is 2. The van der Waals surface area contributed by atoms with E-state index in [0.717, 1.165) is 17.5 Å². The van der Waals surface area contributed by atoms with E-state index in [1.54, 1.807) is 24.8 Å². The zero-order valence-electron chi connectivity index (χ0n) is 9.54. The largest absolute Gasteiger partial charge is 0.299 e. The van der Waals surface area contributed by atoms with Gasteiger partial charge in [-0.05, 0) is 35.7 Å². The standard InChI is InChI=1S/C14H14N2O/c17-14(10-13-2-1-7-16-11-13)4-3-12-5-8-15-9-6-12/h1-2,5-9,11H,3-4,10H2. The Balaban J connectivity index is 1.83. The fourth-order valence-electron chi connectivity index (χ4n) is 1.65. The van der Waals surface area contributed by atoms with Gasteiger partial charge in [0.2, 0.25) is 0 Å². The summed E-state index contributed by atoms with van der Waals surface area (Å²) in [5.41, 5.74) is 2.13. The minimum Gasteiger partial charge on any atom is -0.299 e. The van der Waals surface area contributed by atoms with Crippen molar-refractivity contribution >= 4 is 5.78 Å². The first-order valence-corrected chi connectivity index (χ1v) is 5.64. The van der Waals surface area contributed by atoms with Gasteiger partial charge in [0.05, 0.1) is 0 Å². The van der Waals surface area contributed by atoms with Crippen LogP contribution >= 0.6 is 0 Å². The van der Waals surface area contributed by atoms with Gasteiger partial charge in [0.25, 0.3) is 0 Å². The van der Waals surface area contributed by atoms with E-state index in [4.69, 9.17) is 0 Å². The maximum Gasteiger partial charge on any atom is 0.137 e. The second-order valence-electron chi connectivity index (χ2n) is 3.93. The predicted molar refractivity (Wildman–Crippen MR) is 65.5 cm³/mol. The molecule has 0 spiro atoms. The summed E-state index contributed by atoms with van der Waals surface area (Å²) in [7, 11) is 0. The first-order valence-electron chi connectivity index (χ1n) is 5.64. The molecule has 0 unspecified atom stereocenters. The van der Waals surface area contributed by atoms with Gasteiger partial charge in [-0.15, -0.1) is 0 Å². The van der Waals surface area contributed by atoms with Crippen LogP contribution in [0.3, 0.4) is 0 Å². The zero-order valence-corrected chi connectivity index (χ0v) is 9.54. The van der Waals surface area contributed by atoms with E-state index in [-0.39, 0.29) is 5.78 Å². The van der Waals surface area contributed by atoms with Crippen molar-refractivity contribution < 1.29 is 4.79 Å². The molecule has 0 aromatic carbocycles. The summed E-state index contributed by atoms with van der Waals surface area (Å²) in [4.78, 5) is 19.7. The number of carbonyl (C=O) groups excluding carboxylic acids is 1. The third kappa shape index (κ3) is 3.79. The molecular formula is C14H14N2O. The highest BCUT2D eigenvalue weighted by atomic mass is 16.1. The predicted octanol–water partition coefficient (Wildman–Crippen LogP) is 2.22. The lowest BCUT2D eigenvalue weighted by Crippen LogP contribution is -2.04. The average molecular weight is 226 g/mol. The topological polar surface area (TPSA) is 42.9 Å². The van der Waals surface area contributed by atoms with Gasteiger partial charge in [-0.25, -0.2) is 0 Å². The number of rotatable bonds is 5. The molecule has 0 fully saturated rings. The van der Waals surface area contributed by atoms with Crippen molar-refractivity contribution in [3.63, 3.8) is 0 Å². The third-order valence-corrected chi connectivity index (χ3v) is 2.57. The molecule has 0 aliphatic rings. The maximum absolute atomic E-state index is 11.7. The summed E-state index contributed by atoms with van der Waals surface area (Å²) < 4.78 is 0. The van der Waals surface area contributed by atoms with E-state index in [9.17, 15) is 4.79 Å². The lowest BCUT2D eigenvalue weighted by atomic mass is 10.0. The number of aromatic nitrogens is 2. The van der Waals surface area contributed by atoms with Crippen LogP contribution in [0.25, 0.3) is 0 Å². The van der Waals surface area contributed by atoms with Crippen LogP contribution in [0.15, 0.2) is 49.1 Å². The van der Waals surface area contributed by atoms with Crippen molar-refractivity contribution in [3.05, 3.63) is 60.2 Å². The van der Waals surface area contributed by atoms with Crippen molar-refractivity contribution in [3.8, 4) is 0 Å². The lowest BCUT2D eigenvalue weighted by Gasteiger charge is -2.01. The fraction of sp³-hybridized carbons (Fsp3) is 0.214. The molecule has 2 aromatic rings. The Morgan fingerprint density at radius 2 is 1.82 bits per heavy atom. The fourth-order valence-corrected chi connectivity index (χ4v) is 1.65. The summed E-state index contributed by atoms with van der Waals surface area (Å²) in [5, 5.41) is 0. The monoisotopic (exact) mass is 226 g/mol. The quantitative estimate of drug-likeness (QED) is 0.785. The molecule has 86 valence electrons. The molecule has 0 atom stereocenters. The molecule has 0 saturated carbocycles. The van der Waals surface area contributed by atoms with Gasteiger partial charge in [-0.2, -0.15) is 0 Å². The number of pyridine rings is 2.